The second kappa shape index (κ2) is 17.0. The van der Waals surface area contributed by atoms with Crippen LogP contribution >= 0.6 is 0 Å². The maximum Gasteiger partial charge on any atom is 0.266 e. The molecule has 1 heterocycles. The van der Waals surface area contributed by atoms with Crippen molar-refractivity contribution in [3.05, 3.63) is 47.4 Å². The van der Waals surface area contributed by atoms with E-state index in [9.17, 15) is 0 Å². The van der Waals surface area contributed by atoms with Gasteiger partial charge >= 0.3 is 0 Å². The lowest BCUT2D eigenvalue weighted by atomic mass is 9.95. The van der Waals surface area contributed by atoms with Gasteiger partial charge in [0.2, 0.25) is 0 Å². The average Bonchev–Trinajstić information content (AvgIpc) is 3.32. The molecule has 0 spiro atoms. The summed E-state index contributed by atoms with van der Waals surface area (Å²) in [7, 11) is 0. The van der Waals surface area contributed by atoms with Crippen LogP contribution in [0.4, 0.5) is 0 Å². The summed E-state index contributed by atoms with van der Waals surface area (Å²) in [5.74, 6) is 0. The Morgan fingerprint density at radius 1 is 0.710 bits per heavy atom. The third-order valence-electron chi connectivity index (χ3n) is 5.45. The van der Waals surface area contributed by atoms with E-state index >= 15 is 0 Å². The van der Waals surface area contributed by atoms with Crippen molar-refractivity contribution < 1.29 is 23.7 Å². The number of rotatable bonds is 19. The van der Waals surface area contributed by atoms with Crippen molar-refractivity contribution in [2.45, 2.75) is 84.5 Å². The molecule has 5 heteroatoms. The van der Waals surface area contributed by atoms with Gasteiger partial charge in [0.05, 0.1) is 33.0 Å². The van der Waals surface area contributed by atoms with E-state index in [1.165, 1.54) is 49.7 Å². The van der Waals surface area contributed by atoms with Gasteiger partial charge in [-0.1, -0.05) is 70.6 Å². The molecule has 1 aromatic carbocycles. The van der Waals surface area contributed by atoms with Crippen molar-refractivity contribution in [3.8, 4) is 0 Å². The fourth-order valence-electron chi connectivity index (χ4n) is 3.65. The lowest BCUT2D eigenvalue weighted by Crippen LogP contribution is -2.11. The molecule has 0 saturated heterocycles. The van der Waals surface area contributed by atoms with Gasteiger partial charge in [0, 0.05) is 12.2 Å². The highest BCUT2D eigenvalue weighted by molar-refractivity contribution is 5.36. The van der Waals surface area contributed by atoms with E-state index in [1.807, 2.05) is 0 Å². The fourth-order valence-corrected chi connectivity index (χ4v) is 3.65. The van der Waals surface area contributed by atoms with Gasteiger partial charge < -0.3 is 23.7 Å². The first-order chi connectivity index (χ1) is 15.4. The van der Waals surface area contributed by atoms with Crippen molar-refractivity contribution in [1.82, 2.24) is 0 Å². The normalized spacial score (nSPS) is 13.5. The topological polar surface area (TPSA) is 46.2 Å². The molecule has 0 N–H and O–H groups in total. The van der Waals surface area contributed by atoms with E-state index in [4.69, 9.17) is 23.7 Å². The molecule has 1 aliphatic heterocycles. The van der Waals surface area contributed by atoms with Crippen LogP contribution in [-0.2, 0) is 36.7 Å². The van der Waals surface area contributed by atoms with E-state index in [0.29, 0.717) is 33.0 Å². The summed E-state index contributed by atoms with van der Waals surface area (Å²) in [6, 6.07) is 6.32. The Kier molecular flexibility index (Phi) is 14.1. The summed E-state index contributed by atoms with van der Waals surface area (Å²) in [5, 5.41) is 0. The van der Waals surface area contributed by atoms with Crippen LogP contribution in [0.2, 0.25) is 0 Å². The van der Waals surface area contributed by atoms with E-state index in [1.54, 1.807) is 12.5 Å². The predicted molar refractivity (Wildman–Crippen MR) is 124 cm³/mol. The standard InChI is InChI=1S/C26H42O5/c1-3-5-7-8-9-10-13-24-23(12-11-14-25(24)26-30-20-21-31-26)22-29-19-18-28-17-16-27-15-6-4-2/h11-12,14,20-21,26H,3-10,13,15-19,22H2,1-2H3. The zero-order valence-corrected chi connectivity index (χ0v) is 19.6. The molecular weight excluding hydrogens is 392 g/mol. The van der Waals surface area contributed by atoms with Crippen LogP contribution in [0.25, 0.3) is 0 Å². The largest absolute Gasteiger partial charge is 0.455 e. The predicted octanol–water partition coefficient (Wildman–Crippen LogP) is 6.46. The molecule has 0 fully saturated rings. The van der Waals surface area contributed by atoms with E-state index in [-0.39, 0.29) is 6.29 Å². The monoisotopic (exact) mass is 434 g/mol. The van der Waals surface area contributed by atoms with Crippen molar-refractivity contribution in [2.75, 3.05) is 33.0 Å². The van der Waals surface area contributed by atoms with Crippen LogP contribution in [0.1, 0.15) is 88.2 Å². The third kappa shape index (κ3) is 10.5. The molecule has 176 valence electrons. The minimum absolute atomic E-state index is 0.342. The molecule has 5 nitrogen and oxygen atoms in total. The molecule has 2 rings (SSSR count). The first-order valence-electron chi connectivity index (χ1n) is 12.2. The molecule has 0 radical (unpaired) electrons. The summed E-state index contributed by atoms with van der Waals surface area (Å²) < 4.78 is 28.3. The molecule has 0 aromatic heterocycles. The zero-order valence-electron chi connectivity index (χ0n) is 19.6. The molecule has 0 amide bonds. The van der Waals surface area contributed by atoms with Gasteiger partial charge in [0.15, 0.2) is 0 Å². The molecule has 1 aliphatic rings. The minimum Gasteiger partial charge on any atom is -0.455 e. The molecule has 0 unspecified atom stereocenters. The van der Waals surface area contributed by atoms with Gasteiger partial charge in [0.25, 0.3) is 6.29 Å². The Bertz CT molecular complexity index is 593. The van der Waals surface area contributed by atoms with Gasteiger partial charge in [-0.05, 0) is 30.4 Å². The van der Waals surface area contributed by atoms with Crippen molar-refractivity contribution >= 4 is 0 Å². The SMILES string of the molecule is CCCCCCCCc1c(COCCOCCOCCCC)cccc1C1OC=CO1. The first kappa shape index (κ1) is 25.7. The summed E-state index contributed by atoms with van der Waals surface area (Å²) in [6.45, 7) is 8.25. The Balaban J connectivity index is 1.76. The number of unbranched alkanes of at least 4 members (excludes halogenated alkanes) is 6. The van der Waals surface area contributed by atoms with Crippen molar-refractivity contribution in [1.29, 1.82) is 0 Å². The van der Waals surface area contributed by atoms with Gasteiger partial charge in [0.1, 0.15) is 12.5 Å². The highest BCUT2D eigenvalue weighted by Gasteiger charge is 2.21. The van der Waals surface area contributed by atoms with Crippen LogP contribution in [0.3, 0.4) is 0 Å². The lowest BCUT2D eigenvalue weighted by Gasteiger charge is -2.19. The molecular formula is C26H42O5. The van der Waals surface area contributed by atoms with Gasteiger partial charge in [-0.15, -0.1) is 0 Å². The number of benzene rings is 1. The maximum absolute atomic E-state index is 5.92. The maximum atomic E-state index is 5.92. The molecule has 0 aliphatic carbocycles. The number of hydrogen-bond donors (Lipinski definition) is 0. The van der Waals surface area contributed by atoms with Crippen LogP contribution < -0.4 is 0 Å². The summed E-state index contributed by atoms with van der Waals surface area (Å²) in [6.07, 6.45) is 13.9. The lowest BCUT2D eigenvalue weighted by molar-refractivity contribution is -0.0255. The van der Waals surface area contributed by atoms with E-state index in [2.05, 4.69) is 32.0 Å². The fraction of sp³-hybridized carbons (Fsp3) is 0.692. The zero-order chi connectivity index (χ0) is 22.0. The highest BCUT2D eigenvalue weighted by Crippen LogP contribution is 2.30. The van der Waals surface area contributed by atoms with Gasteiger partial charge in [-0.3, -0.25) is 0 Å². The Labute approximate surface area is 189 Å². The Hall–Kier alpha value is -1.56. The Morgan fingerprint density at radius 2 is 1.35 bits per heavy atom. The van der Waals surface area contributed by atoms with Crippen LogP contribution in [0, 0.1) is 0 Å². The van der Waals surface area contributed by atoms with Crippen LogP contribution in [0.5, 0.6) is 0 Å². The molecule has 1 aromatic rings. The van der Waals surface area contributed by atoms with Gasteiger partial charge in [-0.2, -0.15) is 0 Å². The summed E-state index contributed by atoms with van der Waals surface area (Å²) >= 11 is 0. The second-order valence-electron chi connectivity index (χ2n) is 8.01. The second-order valence-corrected chi connectivity index (χ2v) is 8.01. The van der Waals surface area contributed by atoms with Crippen molar-refractivity contribution in [3.63, 3.8) is 0 Å². The average molecular weight is 435 g/mol. The molecule has 0 atom stereocenters. The third-order valence-corrected chi connectivity index (χ3v) is 5.45. The first-order valence-corrected chi connectivity index (χ1v) is 12.2. The summed E-state index contributed by atoms with van der Waals surface area (Å²) in [5.41, 5.74) is 3.63. The molecule has 31 heavy (non-hydrogen) atoms. The van der Waals surface area contributed by atoms with Crippen LogP contribution in [-0.4, -0.2) is 33.0 Å². The van der Waals surface area contributed by atoms with Gasteiger partial charge in [-0.25, -0.2) is 0 Å². The molecule has 0 saturated carbocycles. The van der Waals surface area contributed by atoms with Crippen LogP contribution in [0.15, 0.2) is 30.7 Å². The number of hydrogen-bond acceptors (Lipinski definition) is 5. The number of ether oxygens (including phenoxy) is 5. The van der Waals surface area contributed by atoms with E-state index < -0.39 is 0 Å². The van der Waals surface area contributed by atoms with E-state index in [0.717, 1.165) is 31.4 Å². The molecule has 0 bridgehead atoms. The highest BCUT2D eigenvalue weighted by atomic mass is 16.7. The quantitative estimate of drug-likeness (QED) is 0.234. The smallest absolute Gasteiger partial charge is 0.266 e. The van der Waals surface area contributed by atoms with Crippen molar-refractivity contribution in [2.24, 2.45) is 0 Å². The summed E-state index contributed by atoms with van der Waals surface area (Å²) in [4.78, 5) is 0. The minimum atomic E-state index is -0.342. The Morgan fingerprint density at radius 3 is 2.10 bits per heavy atom.